The lowest BCUT2D eigenvalue weighted by molar-refractivity contribution is 0.340. The number of nitrogens with one attached hydrogen (secondary N) is 1. The van der Waals surface area contributed by atoms with Crippen molar-refractivity contribution in [1.29, 1.82) is 0 Å². The van der Waals surface area contributed by atoms with E-state index in [1.54, 1.807) is 30.5 Å². The minimum absolute atomic E-state index is 0.0751. The molecule has 0 saturated heterocycles. The molecule has 0 aliphatic rings. The van der Waals surface area contributed by atoms with E-state index in [1.165, 1.54) is 18.9 Å². The van der Waals surface area contributed by atoms with Gasteiger partial charge in [-0.3, -0.25) is 0 Å². The number of hydrogen-bond acceptors (Lipinski definition) is 6. The molecule has 0 atom stereocenters. The first-order chi connectivity index (χ1) is 12.5. The summed E-state index contributed by atoms with van der Waals surface area (Å²) in [6.45, 7) is 0. The smallest absolute Gasteiger partial charge is 0.216 e. The molecule has 134 valence electrons. The van der Waals surface area contributed by atoms with Crippen LogP contribution in [0.4, 0.5) is 0 Å². The van der Waals surface area contributed by atoms with Crippen molar-refractivity contribution in [2.24, 2.45) is 5.10 Å². The molecule has 0 aliphatic carbocycles. The van der Waals surface area contributed by atoms with Crippen molar-refractivity contribution in [2.45, 2.75) is 0 Å². The lowest BCUT2D eigenvalue weighted by atomic mass is 10.2. The monoisotopic (exact) mass is 390 g/mol. The molecule has 1 heterocycles. The van der Waals surface area contributed by atoms with Gasteiger partial charge in [0.25, 0.3) is 0 Å². The van der Waals surface area contributed by atoms with Crippen molar-refractivity contribution in [3.05, 3.63) is 51.8 Å². The minimum Gasteiger partial charge on any atom is -0.502 e. The number of benzene rings is 2. The average molecular weight is 391 g/mol. The van der Waals surface area contributed by atoms with Gasteiger partial charge in [-0.25, -0.2) is 5.10 Å². The first-order valence-electron chi connectivity index (χ1n) is 7.46. The minimum atomic E-state index is -0.0751. The average Bonchev–Trinajstić information content (AvgIpc) is 3.02. The second kappa shape index (κ2) is 7.59. The summed E-state index contributed by atoms with van der Waals surface area (Å²) in [7, 11) is 2.92. The van der Waals surface area contributed by atoms with E-state index in [-0.39, 0.29) is 17.2 Å². The normalized spacial score (nSPS) is 11.0. The summed E-state index contributed by atoms with van der Waals surface area (Å²) >= 11 is 11.2. The molecule has 3 rings (SSSR count). The highest BCUT2D eigenvalue weighted by atomic mass is 35.5. The number of aromatic nitrogens is 3. The van der Waals surface area contributed by atoms with Gasteiger partial charge in [-0.2, -0.15) is 14.9 Å². The Balaban J connectivity index is 2.01. The Hall–Kier alpha value is -2.84. The van der Waals surface area contributed by atoms with Crippen LogP contribution in [-0.4, -0.2) is 40.4 Å². The maximum absolute atomic E-state index is 9.98. The van der Waals surface area contributed by atoms with E-state index in [0.29, 0.717) is 21.2 Å². The van der Waals surface area contributed by atoms with Crippen molar-refractivity contribution in [1.82, 2.24) is 14.9 Å². The third kappa shape index (κ3) is 3.56. The summed E-state index contributed by atoms with van der Waals surface area (Å²) in [4.78, 5) is 0. The molecular formula is C17H15ClN4O3S. The van der Waals surface area contributed by atoms with Crippen LogP contribution in [0.25, 0.3) is 11.4 Å². The van der Waals surface area contributed by atoms with Gasteiger partial charge in [0.05, 0.1) is 20.4 Å². The van der Waals surface area contributed by atoms with Crippen LogP contribution >= 0.6 is 23.8 Å². The van der Waals surface area contributed by atoms with E-state index >= 15 is 0 Å². The number of methoxy groups -OCH3 is 2. The number of rotatable bonds is 5. The molecule has 2 aromatic carbocycles. The van der Waals surface area contributed by atoms with Crippen LogP contribution < -0.4 is 9.47 Å². The van der Waals surface area contributed by atoms with Gasteiger partial charge in [0, 0.05) is 16.1 Å². The Bertz CT molecular complexity index is 987. The van der Waals surface area contributed by atoms with Gasteiger partial charge in [0.15, 0.2) is 17.3 Å². The molecular weight excluding hydrogens is 376 g/mol. The predicted molar refractivity (Wildman–Crippen MR) is 102 cm³/mol. The standard InChI is InChI=1S/C17H15ClN4O3S/c1-24-13-7-10(8-14(25-2)15(13)23)9-19-22-16(20-21-17(22)26)11-3-5-12(18)6-4-11/h3-9,23H,1-2H3,(H,21,26)/b19-9+. The topological polar surface area (TPSA) is 84.7 Å². The van der Waals surface area contributed by atoms with Crippen LogP contribution in [0.15, 0.2) is 41.5 Å². The molecule has 3 aromatic rings. The molecule has 1 aromatic heterocycles. The Kier molecular flexibility index (Phi) is 5.24. The van der Waals surface area contributed by atoms with Crippen LogP contribution in [0.3, 0.4) is 0 Å². The summed E-state index contributed by atoms with van der Waals surface area (Å²) in [6, 6.07) is 10.4. The SMILES string of the molecule is COc1cc(/C=N/n2c(-c3ccc(Cl)cc3)n[nH]c2=S)cc(OC)c1O. The first-order valence-corrected chi connectivity index (χ1v) is 8.25. The van der Waals surface area contributed by atoms with Gasteiger partial charge >= 0.3 is 0 Å². The van der Waals surface area contributed by atoms with Crippen molar-refractivity contribution in [3.63, 3.8) is 0 Å². The highest BCUT2D eigenvalue weighted by Gasteiger charge is 2.11. The molecule has 0 radical (unpaired) electrons. The number of halogens is 1. The number of nitrogens with zero attached hydrogens (tertiary/aromatic N) is 3. The zero-order chi connectivity index (χ0) is 18.7. The summed E-state index contributed by atoms with van der Waals surface area (Å²) in [5, 5.41) is 21.9. The molecule has 0 unspecified atom stereocenters. The van der Waals surface area contributed by atoms with E-state index in [4.69, 9.17) is 33.3 Å². The van der Waals surface area contributed by atoms with Gasteiger partial charge in [0.1, 0.15) is 0 Å². The zero-order valence-electron chi connectivity index (χ0n) is 13.9. The Morgan fingerprint density at radius 3 is 2.38 bits per heavy atom. The van der Waals surface area contributed by atoms with Crippen molar-refractivity contribution >= 4 is 30.0 Å². The van der Waals surface area contributed by atoms with Crippen molar-refractivity contribution < 1.29 is 14.6 Å². The number of ether oxygens (including phenoxy) is 2. The zero-order valence-corrected chi connectivity index (χ0v) is 15.5. The second-order valence-electron chi connectivity index (χ2n) is 5.19. The molecule has 26 heavy (non-hydrogen) atoms. The lowest BCUT2D eigenvalue weighted by Gasteiger charge is -2.09. The van der Waals surface area contributed by atoms with Gasteiger partial charge < -0.3 is 14.6 Å². The number of phenolic OH excluding ortho intramolecular Hbond substituents is 1. The van der Waals surface area contributed by atoms with Crippen molar-refractivity contribution in [3.8, 4) is 28.6 Å². The third-order valence-corrected chi connectivity index (χ3v) is 4.09. The van der Waals surface area contributed by atoms with Crippen molar-refractivity contribution in [2.75, 3.05) is 14.2 Å². The van der Waals surface area contributed by atoms with Crippen LogP contribution in [0.5, 0.6) is 17.2 Å². The molecule has 0 fully saturated rings. The molecule has 0 saturated carbocycles. The predicted octanol–water partition coefficient (Wildman–Crippen LogP) is 3.87. The summed E-state index contributed by atoms with van der Waals surface area (Å²) < 4.78 is 12.1. The summed E-state index contributed by atoms with van der Waals surface area (Å²) in [5.41, 5.74) is 1.46. The second-order valence-corrected chi connectivity index (χ2v) is 6.01. The fourth-order valence-corrected chi connectivity index (χ4v) is 2.60. The Labute approximate surface area is 159 Å². The molecule has 7 nitrogen and oxygen atoms in total. The lowest BCUT2D eigenvalue weighted by Crippen LogP contribution is -1.96. The maximum Gasteiger partial charge on any atom is 0.216 e. The van der Waals surface area contributed by atoms with Gasteiger partial charge in [-0.15, -0.1) is 0 Å². The van der Waals surface area contributed by atoms with E-state index < -0.39 is 0 Å². The highest BCUT2D eigenvalue weighted by molar-refractivity contribution is 7.71. The quantitative estimate of drug-likeness (QED) is 0.510. The number of aromatic hydroxyl groups is 1. The number of phenols is 1. The van der Waals surface area contributed by atoms with E-state index in [0.717, 1.165) is 5.56 Å². The number of H-pyrrole nitrogens is 1. The number of hydrogen-bond donors (Lipinski definition) is 2. The van der Waals surface area contributed by atoms with Crippen LogP contribution in [-0.2, 0) is 0 Å². The molecule has 0 bridgehead atoms. The Morgan fingerprint density at radius 2 is 1.81 bits per heavy atom. The third-order valence-electron chi connectivity index (χ3n) is 3.58. The first kappa shape index (κ1) is 18.0. The molecule has 0 spiro atoms. The van der Waals surface area contributed by atoms with Gasteiger partial charge in [-0.05, 0) is 48.6 Å². The number of aromatic amines is 1. The largest absolute Gasteiger partial charge is 0.502 e. The summed E-state index contributed by atoms with van der Waals surface area (Å²) in [6.07, 6.45) is 1.56. The van der Waals surface area contributed by atoms with E-state index in [2.05, 4.69) is 15.3 Å². The molecule has 2 N–H and O–H groups in total. The van der Waals surface area contributed by atoms with Crippen LogP contribution in [0.2, 0.25) is 5.02 Å². The fraction of sp³-hybridized carbons (Fsp3) is 0.118. The molecule has 9 heteroatoms. The molecule has 0 aliphatic heterocycles. The maximum atomic E-state index is 9.98. The molecule has 0 amide bonds. The van der Waals surface area contributed by atoms with Gasteiger partial charge in [-0.1, -0.05) is 11.6 Å². The summed E-state index contributed by atoms with van der Waals surface area (Å²) in [5.74, 6) is 1.02. The van der Waals surface area contributed by atoms with Crippen LogP contribution in [0.1, 0.15) is 5.56 Å². The highest BCUT2D eigenvalue weighted by Crippen LogP contribution is 2.36. The van der Waals surface area contributed by atoms with E-state index in [9.17, 15) is 5.11 Å². The van der Waals surface area contributed by atoms with Gasteiger partial charge in [0.2, 0.25) is 10.5 Å². The fourth-order valence-electron chi connectivity index (χ4n) is 2.30. The van der Waals surface area contributed by atoms with Crippen LogP contribution in [0, 0.1) is 4.77 Å². The van der Waals surface area contributed by atoms with E-state index in [1.807, 2.05) is 12.1 Å². The Morgan fingerprint density at radius 1 is 1.19 bits per heavy atom.